The van der Waals surface area contributed by atoms with Gasteiger partial charge in [-0.15, -0.1) is 0 Å². The topological polar surface area (TPSA) is 376 Å². The van der Waals surface area contributed by atoms with Crippen LogP contribution in [0, 0.1) is 46.3 Å². The molecule has 31 unspecified atom stereocenters. The Morgan fingerprint density at radius 2 is 1.13 bits per heavy atom. The van der Waals surface area contributed by atoms with Gasteiger partial charge in [-0.25, -0.2) is 0 Å². The fourth-order valence-electron chi connectivity index (χ4n) is 15.6. The van der Waals surface area contributed by atoms with Crippen molar-refractivity contribution in [3.05, 3.63) is 11.6 Å². The summed E-state index contributed by atoms with van der Waals surface area (Å²) in [6, 6.07) is 0. The van der Waals surface area contributed by atoms with E-state index in [-0.39, 0.29) is 35.4 Å². The highest BCUT2D eigenvalue weighted by Gasteiger charge is 2.69. The van der Waals surface area contributed by atoms with E-state index in [1.165, 1.54) is 5.57 Å². The van der Waals surface area contributed by atoms with Crippen LogP contribution in [0.25, 0.3) is 0 Å². The first-order chi connectivity index (χ1) is 35.7. The first-order valence-corrected chi connectivity index (χ1v) is 27.2. The Kier molecular flexibility index (Phi) is 16.9. The van der Waals surface area contributed by atoms with Gasteiger partial charge in [0.05, 0.1) is 51.8 Å². The molecule has 14 N–H and O–H groups in total. The quantitative estimate of drug-likeness (QED) is 0.0781. The molecule has 1 spiro atoms. The van der Waals surface area contributed by atoms with E-state index in [9.17, 15) is 71.5 Å². The van der Waals surface area contributed by atoms with Gasteiger partial charge in [0.2, 0.25) is 0 Å². The van der Waals surface area contributed by atoms with Crippen molar-refractivity contribution in [1.29, 1.82) is 0 Å². The number of aliphatic hydroxyl groups excluding tert-OH is 14. The van der Waals surface area contributed by atoms with E-state index < -0.39 is 161 Å². The molecule has 3 saturated carbocycles. The van der Waals surface area contributed by atoms with Gasteiger partial charge in [0, 0.05) is 18.3 Å². The van der Waals surface area contributed by atoms with Gasteiger partial charge in [0.25, 0.3) is 0 Å². The summed E-state index contributed by atoms with van der Waals surface area (Å²) in [6.45, 7) is 4.84. The zero-order chi connectivity index (χ0) is 53.6. The average molecular weight is 1080 g/mol. The predicted octanol–water partition coefficient (Wildman–Crippen LogP) is -4.02. The minimum Gasteiger partial charge on any atom is -0.394 e. The van der Waals surface area contributed by atoms with Gasteiger partial charge in [0.1, 0.15) is 97.7 Å². The SMILES string of the molecule is CC1C2C(CC3C4CC=C5CC(OC6OC(CO)C(OC7OC(CO)C(O)C(O)C7OC7OC(CO)C(O)C(O)C7O)C(O)C6O)CCC5(C)C4CCC32C)OC12CCC(COC1OC(CO)C(O)C(O)C1O)CO2. The minimum absolute atomic E-state index is 0.00856. The Morgan fingerprint density at radius 3 is 1.77 bits per heavy atom. The minimum atomic E-state index is -1.91. The number of hydrogen-bond donors (Lipinski definition) is 14. The van der Waals surface area contributed by atoms with E-state index in [0.29, 0.717) is 49.5 Å². The Labute approximate surface area is 434 Å². The normalized spacial score (nSPS) is 55.9. The molecule has 4 aliphatic carbocycles. The van der Waals surface area contributed by atoms with Crippen LogP contribution >= 0.6 is 0 Å². The summed E-state index contributed by atoms with van der Waals surface area (Å²) in [5.74, 6) is 1.09. The average Bonchev–Trinajstić information content (AvgIpc) is 3.85. The number of fused-ring (bicyclic) bond motifs is 7. The predicted molar refractivity (Wildman–Crippen MR) is 250 cm³/mol. The van der Waals surface area contributed by atoms with E-state index in [1.807, 2.05) is 0 Å². The molecule has 0 bridgehead atoms. The Bertz CT molecular complexity index is 1960. The molecule has 430 valence electrons. The number of rotatable bonds is 13. The third-order valence-corrected chi connectivity index (χ3v) is 19.9. The fraction of sp³-hybridized carbons (Fsp3) is 0.961. The van der Waals surface area contributed by atoms with Crippen LogP contribution in [0.5, 0.6) is 0 Å². The summed E-state index contributed by atoms with van der Waals surface area (Å²) in [5, 5.41) is 147. The molecule has 9 fully saturated rings. The molecule has 0 radical (unpaired) electrons. The van der Waals surface area contributed by atoms with E-state index in [2.05, 4.69) is 26.8 Å². The molecule has 6 heterocycles. The van der Waals surface area contributed by atoms with Crippen LogP contribution in [0.4, 0.5) is 0 Å². The third kappa shape index (κ3) is 9.91. The summed E-state index contributed by atoms with van der Waals surface area (Å²) in [5.41, 5.74) is 1.24. The second-order valence-corrected chi connectivity index (χ2v) is 23.9. The molecular formula is C51H82O24. The van der Waals surface area contributed by atoms with Gasteiger partial charge in [-0.1, -0.05) is 32.4 Å². The molecule has 31 atom stereocenters. The summed E-state index contributed by atoms with van der Waals surface area (Å²) in [4.78, 5) is 0. The van der Waals surface area contributed by atoms with Crippen LogP contribution in [0.2, 0.25) is 0 Å². The lowest BCUT2D eigenvalue weighted by Gasteiger charge is -2.58. The maximum atomic E-state index is 11.6. The molecule has 0 aromatic rings. The van der Waals surface area contributed by atoms with E-state index in [0.717, 1.165) is 38.5 Å². The van der Waals surface area contributed by atoms with Crippen LogP contribution < -0.4 is 0 Å². The standard InChI is InChI=1S/C51H82O24/c1-20-32-27(75-51(20)11-6-21(19-67-51)18-66-45-40(63)36(59)33(56)28(14-52)69-45)13-26-24-5-4-22-12-23(7-9-49(22,2)25(24)8-10-50(26,32)3)68-46-42(65)39(62)43(31(17-55)72-46)73-48-44(38(61)35(58)30(16-54)71-48)74-47-41(64)37(60)34(57)29(15-53)70-47/h4,20-21,23-48,52-65H,5-19H2,1-3H3. The number of aliphatic hydroxyl groups is 14. The number of ether oxygens (including phenoxy) is 10. The van der Waals surface area contributed by atoms with Crippen LogP contribution in [0.1, 0.15) is 78.6 Å². The van der Waals surface area contributed by atoms with Crippen LogP contribution in [-0.2, 0) is 47.4 Å². The third-order valence-electron chi connectivity index (χ3n) is 19.9. The highest BCUT2D eigenvalue weighted by molar-refractivity contribution is 5.26. The van der Waals surface area contributed by atoms with Crippen molar-refractivity contribution in [2.75, 3.05) is 39.6 Å². The number of allylic oxidation sites excluding steroid dienone is 1. The zero-order valence-electron chi connectivity index (χ0n) is 42.7. The largest absolute Gasteiger partial charge is 0.394 e. The lowest BCUT2D eigenvalue weighted by Crippen LogP contribution is -2.67. The van der Waals surface area contributed by atoms with Crippen molar-refractivity contribution < 1.29 is 119 Å². The molecule has 24 nitrogen and oxygen atoms in total. The highest BCUT2D eigenvalue weighted by Crippen LogP contribution is 2.71. The lowest BCUT2D eigenvalue weighted by molar-refractivity contribution is -0.390. The van der Waals surface area contributed by atoms with Crippen LogP contribution in [-0.4, -0.2) is 252 Å². The molecule has 0 amide bonds. The Hall–Kier alpha value is -1.22. The van der Waals surface area contributed by atoms with E-state index >= 15 is 0 Å². The first-order valence-electron chi connectivity index (χ1n) is 27.2. The molecule has 6 saturated heterocycles. The summed E-state index contributed by atoms with van der Waals surface area (Å²) < 4.78 is 60.6. The molecule has 0 aromatic carbocycles. The van der Waals surface area contributed by atoms with Crippen molar-refractivity contribution in [3.8, 4) is 0 Å². The van der Waals surface area contributed by atoms with Gasteiger partial charge in [-0.3, -0.25) is 0 Å². The van der Waals surface area contributed by atoms with Crippen molar-refractivity contribution >= 4 is 0 Å². The Morgan fingerprint density at radius 1 is 0.573 bits per heavy atom. The maximum absolute atomic E-state index is 11.6. The molecule has 10 aliphatic rings. The monoisotopic (exact) mass is 1080 g/mol. The van der Waals surface area contributed by atoms with Crippen LogP contribution in [0.3, 0.4) is 0 Å². The molecule has 75 heavy (non-hydrogen) atoms. The van der Waals surface area contributed by atoms with Crippen molar-refractivity contribution in [1.82, 2.24) is 0 Å². The molecule has 10 rings (SSSR count). The molecule has 6 aliphatic heterocycles. The summed E-state index contributed by atoms with van der Waals surface area (Å²) in [7, 11) is 0. The molecular weight excluding hydrogens is 997 g/mol. The van der Waals surface area contributed by atoms with E-state index in [4.69, 9.17) is 47.4 Å². The highest BCUT2D eigenvalue weighted by atomic mass is 16.8. The molecule has 24 heteroatoms. The van der Waals surface area contributed by atoms with Crippen LogP contribution in [0.15, 0.2) is 11.6 Å². The maximum Gasteiger partial charge on any atom is 0.187 e. The summed E-state index contributed by atoms with van der Waals surface area (Å²) >= 11 is 0. The second kappa shape index (κ2) is 22.3. The smallest absolute Gasteiger partial charge is 0.187 e. The Balaban J connectivity index is 0.745. The first kappa shape index (κ1) is 57.0. The van der Waals surface area contributed by atoms with Crippen molar-refractivity contribution in [2.24, 2.45) is 46.3 Å². The van der Waals surface area contributed by atoms with E-state index in [1.54, 1.807) is 0 Å². The lowest BCUT2D eigenvalue weighted by atomic mass is 9.47. The van der Waals surface area contributed by atoms with Gasteiger partial charge in [-0.05, 0) is 85.9 Å². The molecule has 0 aromatic heterocycles. The zero-order valence-corrected chi connectivity index (χ0v) is 42.7. The summed E-state index contributed by atoms with van der Waals surface area (Å²) in [6.07, 6.45) is -22.3. The second-order valence-electron chi connectivity index (χ2n) is 23.9. The van der Waals surface area contributed by atoms with Gasteiger partial charge < -0.3 is 119 Å². The van der Waals surface area contributed by atoms with Gasteiger partial charge in [0.15, 0.2) is 30.9 Å². The van der Waals surface area contributed by atoms with Gasteiger partial charge >= 0.3 is 0 Å². The van der Waals surface area contributed by atoms with Crippen molar-refractivity contribution in [2.45, 2.75) is 219 Å². The fourth-order valence-corrected chi connectivity index (χ4v) is 15.6. The number of hydrogen-bond acceptors (Lipinski definition) is 24. The van der Waals surface area contributed by atoms with Gasteiger partial charge in [-0.2, -0.15) is 0 Å². The van der Waals surface area contributed by atoms with Crippen molar-refractivity contribution in [3.63, 3.8) is 0 Å².